The highest BCUT2D eigenvalue weighted by atomic mass is 16.2. The summed E-state index contributed by atoms with van der Waals surface area (Å²) in [6.07, 6.45) is 3.93. The summed E-state index contributed by atoms with van der Waals surface area (Å²) >= 11 is 0. The van der Waals surface area contributed by atoms with Crippen LogP contribution in [0.5, 0.6) is 0 Å². The number of hydrogen-bond donors (Lipinski definition) is 2. The molecule has 150 valence electrons. The Bertz CT molecular complexity index is 757. The Morgan fingerprint density at radius 2 is 1.61 bits per heavy atom. The number of benzene rings is 2. The van der Waals surface area contributed by atoms with E-state index in [2.05, 4.69) is 46.7 Å². The van der Waals surface area contributed by atoms with Crippen LogP contribution in [0.15, 0.2) is 47.6 Å². The summed E-state index contributed by atoms with van der Waals surface area (Å²) in [6.45, 7) is 10.7. The number of aryl methyl sites for hydroxylation is 2. The number of nitrogens with zero attached hydrogens (tertiary/aromatic N) is 2. The smallest absolute Gasteiger partial charge is 0.259 e. The fraction of sp³-hybridized carbons (Fsp3) is 0.391. The fourth-order valence-corrected chi connectivity index (χ4v) is 3.16. The van der Waals surface area contributed by atoms with E-state index in [9.17, 15) is 4.79 Å². The molecule has 2 aromatic carbocycles. The molecule has 0 bridgehead atoms. The minimum atomic E-state index is -0.174. The molecule has 0 fully saturated rings. The highest BCUT2D eigenvalue weighted by Gasteiger charge is 2.05. The van der Waals surface area contributed by atoms with Gasteiger partial charge in [-0.15, -0.1) is 0 Å². The van der Waals surface area contributed by atoms with Gasteiger partial charge in [-0.25, -0.2) is 5.43 Å². The van der Waals surface area contributed by atoms with E-state index in [0.717, 1.165) is 48.3 Å². The zero-order valence-electron chi connectivity index (χ0n) is 17.5. The predicted molar refractivity (Wildman–Crippen MR) is 119 cm³/mol. The van der Waals surface area contributed by atoms with Gasteiger partial charge in [-0.1, -0.05) is 44.2 Å². The maximum atomic E-state index is 12.0. The molecule has 5 nitrogen and oxygen atoms in total. The second kappa shape index (κ2) is 11.1. The number of rotatable bonds is 10. The lowest BCUT2D eigenvalue weighted by atomic mass is 10.1. The van der Waals surface area contributed by atoms with Crippen LogP contribution >= 0.6 is 0 Å². The van der Waals surface area contributed by atoms with Gasteiger partial charge in [0.25, 0.3) is 5.91 Å². The summed E-state index contributed by atoms with van der Waals surface area (Å²) in [4.78, 5) is 14.4. The lowest BCUT2D eigenvalue weighted by Crippen LogP contribution is -2.26. The summed E-state index contributed by atoms with van der Waals surface area (Å²) in [7, 11) is 0. The Labute approximate surface area is 168 Å². The van der Waals surface area contributed by atoms with E-state index < -0.39 is 0 Å². The van der Waals surface area contributed by atoms with Crippen molar-refractivity contribution in [3.8, 4) is 0 Å². The molecule has 0 heterocycles. The molecule has 0 saturated heterocycles. The molecule has 0 atom stereocenters. The standard InChI is InChI=1S/C23H32N4O/c1-5-14-27(15-6-2)21-12-10-20(11-13-21)16-25-26-22(28)17-24-23-18(3)8-7-9-19(23)4/h7-13,16,24H,5-6,14-15,17H2,1-4H3,(H,26,28)/b25-16+. The molecule has 0 radical (unpaired) electrons. The van der Waals surface area contributed by atoms with Gasteiger partial charge in [0.1, 0.15) is 0 Å². The van der Waals surface area contributed by atoms with Crippen molar-refractivity contribution in [2.75, 3.05) is 29.9 Å². The van der Waals surface area contributed by atoms with Crippen LogP contribution in [-0.4, -0.2) is 31.8 Å². The maximum Gasteiger partial charge on any atom is 0.259 e. The number of carbonyl (C=O) groups excluding carboxylic acids is 1. The number of amides is 1. The predicted octanol–water partition coefficient (Wildman–Crippen LogP) is 4.49. The van der Waals surface area contributed by atoms with Crippen LogP contribution in [0.3, 0.4) is 0 Å². The van der Waals surface area contributed by atoms with Gasteiger partial charge in [-0.3, -0.25) is 4.79 Å². The van der Waals surface area contributed by atoms with E-state index in [0.29, 0.717) is 0 Å². The summed E-state index contributed by atoms with van der Waals surface area (Å²) in [6, 6.07) is 14.3. The second-order valence-electron chi connectivity index (χ2n) is 6.99. The largest absolute Gasteiger partial charge is 0.376 e. The Hall–Kier alpha value is -2.82. The van der Waals surface area contributed by atoms with Gasteiger partial charge < -0.3 is 10.2 Å². The SMILES string of the molecule is CCCN(CCC)c1ccc(/C=N/NC(=O)CNc2c(C)cccc2C)cc1. The topological polar surface area (TPSA) is 56.7 Å². The van der Waals surface area contributed by atoms with Crippen molar-refractivity contribution in [1.82, 2.24) is 5.43 Å². The molecule has 1 amide bonds. The normalized spacial score (nSPS) is 10.9. The van der Waals surface area contributed by atoms with Gasteiger partial charge >= 0.3 is 0 Å². The van der Waals surface area contributed by atoms with Crippen LogP contribution in [0.2, 0.25) is 0 Å². The molecular weight excluding hydrogens is 348 g/mol. The molecule has 2 aromatic rings. The Kier molecular flexibility index (Phi) is 8.53. The first-order valence-electron chi connectivity index (χ1n) is 10.0. The molecular formula is C23H32N4O. The van der Waals surface area contributed by atoms with E-state index in [1.807, 2.05) is 44.2 Å². The molecule has 2 rings (SSSR count). The lowest BCUT2D eigenvalue weighted by molar-refractivity contribution is -0.119. The van der Waals surface area contributed by atoms with Crippen LogP contribution < -0.4 is 15.6 Å². The highest BCUT2D eigenvalue weighted by Crippen LogP contribution is 2.19. The number of carbonyl (C=O) groups is 1. The van der Waals surface area contributed by atoms with E-state index in [-0.39, 0.29) is 12.5 Å². The minimum Gasteiger partial charge on any atom is -0.376 e. The van der Waals surface area contributed by atoms with E-state index >= 15 is 0 Å². The van der Waals surface area contributed by atoms with Crippen LogP contribution in [0.1, 0.15) is 43.4 Å². The van der Waals surface area contributed by atoms with Crippen LogP contribution in [-0.2, 0) is 4.79 Å². The first kappa shape index (κ1) is 21.5. The Balaban J connectivity index is 1.85. The number of anilines is 2. The van der Waals surface area contributed by atoms with Gasteiger partial charge in [0.05, 0.1) is 12.8 Å². The average Bonchev–Trinajstić information content (AvgIpc) is 2.68. The van der Waals surface area contributed by atoms with Crippen molar-refractivity contribution >= 4 is 23.5 Å². The van der Waals surface area contributed by atoms with Crippen molar-refractivity contribution in [3.63, 3.8) is 0 Å². The van der Waals surface area contributed by atoms with Crippen molar-refractivity contribution in [3.05, 3.63) is 59.2 Å². The van der Waals surface area contributed by atoms with Crippen LogP contribution in [0, 0.1) is 13.8 Å². The third-order valence-corrected chi connectivity index (χ3v) is 4.56. The van der Waals surface area contributed by atoms with Crippen LogP contribution in [0.4, 0.5) is 11.4 Å². The van der Waals surface area contributed by atoms with Gasteiger partial charge in [0.2, 0.25) is 0 Å². The highest BCUT2D eigenvalue weighted by molar-refractivity contribution is 5.84. The molecule has 0 aliphatic heterocycles. The third-order valence-electron chi connectivity index (χ3n) is 4.56. The molecule has 28 heavy (non-hydrogen) atoms. The lowest BCUT2D eigenvalue weighted by Gasteiger charge is -2.23. The van der Waals surface area contributed by atoms with E-state index in [1.165, 1.54) is 5.69 Å². The zero-order chi connectivity index (χ0) is 20.4. The zero-order valence-corrected chi connectivity index (χ0v) is 17.5. The van der Waals surface area contributed by atoms with Crippen molar-refractivity contribution in [2.24, 2.45) is 5.10 Å². The maximum absolute atomic E-state index is 12.0. The molecule has 0 saturated carbocycles. The van der Waals surface area contributed by atoms with Gasteiger partial charge in [0.15, 0.2) is 0 Å². The van der Waals surface area contributed by atoms with E-state index in [4.69, 9.17) is 0 Å². The van der Waals surface area contributed by atoms with Crippen molar-refractivity contribution in [1.29, 1.82) is 0 Å². The fourth-order valence-electron chi connectivity index (χ4n) is 3.16. The molecule has 0 aliphatic carbocycles. The molecule has 0 aliphatic rings. The molecule has 2 N–H and O–H groups in total. The number of hydrogen-bond acceptors (Lipinski definition) is 4. The number of nitrogens with one attached hydrogen (secondary N) is 2. The molecule has 0 unspecified atom stereocenters. The Morgan fingerprint density at radius 3 is 2.18 bits per heavy atom. The first-order valence-corrected chi connectivity index (χ1v) is 10.0. The third kappa shape index (κ3) is 6.41. The number of para-hydroxylation sites is 1. The minimum absolute atomic E-state index is 0.174. The summed E-state index contributed by atoms with van der Waals surface area (Å²) in [5, 5.41) is 7.25. The quantitative estimate of drug-likeness (QED) is 0.472. The number of hydrazone groups is 1. The van der Waals surface area contributed by atoms with Gasteiger partial charge in [-0.05, 0) is 55.5 Å². The molecule has 5 heteroatoms. The summed E-state index contributed by atoms with van der Waals surface area (Å²) < 4.78 is 0. The Morgan fingerprint density at radius 1 is 1.00 bits per heavy atom. The molecule has 0 aromatic heterocycles. The average molecular weight is 381 g/mol. The van der Waals surface area contributed by atoms with Crippen molar-refractivity contribution < 1.29 is 4.79 Å². The second-order valence-corrected chi connectivity index (χ2v) is 6.99. The van der Waals surface area contributed by atoms with Crippen molar-refractivity contribution in [2.45, 2.75) is 40.5 Å². The van der Waals surface area contributed by atoms with Gasteiger partial charge in [-0.2, -0.15) is 5.10 Å². The van der Waals surface area contributed by atoms with E-state index in [1.54, 1.807) is 6.21 Å². The molecule has 0 spiro atoms. The van der Waals surface area contributed by atoms with Crippen LogP contribution in [0.25, 0.3) is 0 Å². The first-order chi connectivity index (χ1) is 13.5. The summed E-state index contributed by atoms with van der Waals surface area (Å²) in [5.41, 5.74) is 8.00. The monoisotopic (exact) mass is 380 g/mol. The summed E-state index contributed by atoms with van der Waals surface area (Å²) in [5.74, 6) is -0.174. The van der Waals surface area contributed by atoms with Gasteiger partial charge in [0, 0.05) is 24.5 Å².